The van der Waals surface area contributed by atoms with Gasteiger partial charge in [-0.05, 0) is 19.1 Å². The molecule has 0 atom stereocenters. The molecule has 3 rings (SSSR count). The molecule has 0 spiro atoms. The number of nitrogens with zero attached hydrogens (tertiary/aromatic N) is 2. The minimum atomic E-state index is 0.600. The predicted molar refractivity (Wildman–Crippen MR) is 78.6 cm³/mol. The number of rotatable bonds is 2. The van der Waals surface area contributed by atoms with Crippen molar-refractivity contribution in [2.45, 2.75) is 6.92 Å². The Bertz CT molecular complexity index is 802. The smallest absolute Gasteiger partial charge is 0.134 e. The number of benzene rings is 1. The van der Waals surface area contributed by atoms with Gasteiger partial charge in [0.1, 0.15) is 11.1 Å². The molecule has 1 N–H and O–H groups in total. The monoisotopic (exact) mass is 265 g/mol. The average molecular weight is 265 g/mol. The summed E-state index contributed by atoms with van der Waals surface area (Å²) in [7, 11) is 0. The molecule has 0 aliphatic heterocycles. The van der Waals surface area contributed by atoms with Crippen molar-refractivity contribution in [2.75, 3.05) is 0 Å². The van der Waals surface area contributed by atoms with Crippen molar-refractivity contribution in [3.63, 3.8) is 0 Å². The molecule has 19 heavy (non-hydrogen) atoms. The van der Waals surface area contributed by atoms with Gasteiger partial charge in [-0.2, -0.15) is 5.26 Å². The number of thiazole rings is 1. The SMILES string of the molecule is Cc1csc(/C(C#N)=C/c2c[nH]c3ccccc23)n1. The van der Waals surface area contributed by atoms with E-state index >= 15 is 0 Å². The summed E-state index contributed by atoms with van der Waals surface area (Å²) in [5.74, 6) is 0. The van der Waals surface area contributed by atoms with Gasteiger partial charge >= 0.3 is 0 Å². The van der Waals surface area contributed by atoms with E-state index in [0.717, 1.165) is 27.2 Å². The van der Waals surface area contributed by atoms with E-state index in [-0.39, 0.29) is 0 Å². The van der Waals surface area contributed by atoms with Crippen LogP contribution in [0.25, 0.3) is 22.6 Å². The van der Waals surface area contributed by atoms with Crippen LogP contribution in [0.2, 0.25) is 0 Å². The Kier molecular flexibility index (Phi) is 2.90. The van der Waals surface area contributed by atoms with Gasteiger partial charge in [0.05, 0.1) is 5.57 Å². The number of nitrogens with one attached hydrogen (secondary N) is 1. The van der Waals surface area contributed by atoms with E-state index in [1.807, 2.05) is 48.8 Å². The molecular formula is C15H11N3S. The summed E-state index contributed by atoms with van der Waals surface area (Å²) in [6.45, 7) is 1.93. The number of allylic oxidation sites excluding steroid dienone is 1. The summed E-state index contributed by atoms with van der Waals surface area (Å²) < 4.78 is 0. The van der Waals surface area contributed by atoms with Gasteiger partial charge in [0.2, 0.25) is 0 Å². The second-order valence-electron chi connectivity index (χ2n) is 4.25. The Hall–Kier alpha value is -2.38. The van der Waals surface area contributed by atoms with Crippen LogP contribution in [0.3, 0.4) is 0 Å². The van der Waals surface area contributed by atoms with Gasteiger partial charge in [0.25, 0.3) is 0 Å². The fourth-order valence-corrected chi connectivity index (χ4v) is 2.75. The molecule has 2 aromatic heterocycles. The zero-order chi connectivity index (χ0) is 13.2. The summed E-state index contributed by atoms with van der Waals surface area (Å²) in [4.78, 5) is 7.56. The zero-order valence-corrected chi connectivity index (χ0v) is 11.2. The molecule has 0 radical (unpaired) electrons. The van der Waals surface area contributed by atoms with Crippen molar-refractivity contribution in [3.05, 3.63) is 52.1 Å². The molecule has 0 aliphatic rings. The number of fused-ring (bicyclic) bond motifs is 1. The Morgan fingerprint density at radius 2 is 2.26 bits per heavy atom. The third kappa shape index (κ3) is 2.16. The lowest BCUT2D eigenvalue weighted by Crippen LogP contribution is -1.80. The van der Waals surface area contributed by atoms with Gasteiger partial charge < -0.3 is 4.98 Å². The maximum atomic E-state index is 9.30. The first kappa shape index (κ1) is 11.7. The van der Waals surface area contributed by atoms with Crippen LogP contribution in [-0.4, -0.2) is 9.97 Å². The van der Waals surface area contributed by atoms with E-state index in [1.165, 1.54) is 11.3 Å². The zero-order valence-electron chi connectivity index (χ0n) is 10.3. The van der Waals surface area contributed by atoms with Gasteiger partial charge in [-0.15, -0.1) is 11.3 Å². The lowest BCUT2D eigenvalue weighted by molar-refractivity contribution is 1.25. The normalized spacial score (nSPS) is 11.7. The number of aromatic nitrogens is 2. The van der Waals surface area contributed by atoms with Crippen LogP contribution in [0.4, 0.5) is 0 Å². The van der Waals surface area contributed by atoms with Crippen molar-refractivity contribution in [1.82, 2.24) is 9.97 Å². The molecule has 0 unspecified atom stereocenters. The van der Waals surface area contributed by atoms with Crippen LogP contribution < -0.4 is 0 Å². The summed E-state index contributed by atoms with van der Waals surface area (Å²) in [5.41, 5.74) is 3.63. The van der Waals surface area contributed by atoms with Crippen molar-refractivity contribution >= 4 is 33.9 Å². The molecule has 0 saturated carbocycles. The number of aryl methyl sites for hydroxylation is 1. The van der Waals surface area contributed by atoms with E-state index in [9.17, 15) is 5.26 Å². The highest BCUT2D eigenvalue weighted by Gasteiger charge is 2.07. The number of H-pyrrole nitrogens is 1. The van der Waals surface area contributed by atoms with Gasteiger partial charge in [-0.25, -0.2) is 4.98 Å². The fraction of sp³-hybridized carbons (Fsp3) is 0.0667. The van der Waals surface area contributed by atoms with Crippen molar-refractivity contribution in [3.8, 4) is 6.07 Å². The topological polar surface area (TPSA) is 52.5 Å². The molecule has 3 aromatic rings. The first-order chi connectivity index (χ1) is 9.28. The van der Waals surface area contributed by atoms with Crippen molar-refractivity contribution in [2.24, 2.45) is 0 Å². The largest absolute Gasteiger partial charge is 0.361 e. The fourth-order valence-electron chi connectivity index (χ4n) is 1.99. The highest BCUT2D eigenvalue weighted by molar-refractivity contribution is 7.11. The molecule has 1 aromatic carbocycles. The molecular weight excluding hydrogens is 254 g/mol. The van der Waals surface area contributed by atoms with Gasteiger partial charge in [0.15, 0.2) is 0 Å². The van der Waals surface area contributed by atoms with Crippen LogP contribution in [-0.2, 0) is 0 Å². The van der Waals surface area contributed by atoms with Crippen LogP contribution >= 0.6 is 11.3 Å². The van der Waals surface area contributed by atoms with E-state index in [4.69, 9.17) is 0 Å². The molecule has 0 bridgehead atoms. The standard InChI is InChI=1S/C15H11N3S/c1-10-9-19-15(18-10)11(7-16)6-12-8-17-14-5-3-2-4-13(12)14/h2-6,8-9,17H,1H3/b11-6+. The molecule has 0 amide bonds. The van der Waals surface area contributed by atoms with Crippen LogP contribution in [0.15, 0.2) is 35.8 Å². The maximum absolute atomic E-state index is 9.30. The first-order valence-electron chi connectivity index (χ1n) is 5.88. The van der Waals surface area contributed by atoms with Gasteiger partial charge in [0, 0.05) is 33.7 Å². The number of aromatic amines is 1. The van der Waals surface area contributed by atoms with E-state index in [1.54, 1.807) is 0 Å². The van der Waals surface area contributed by atoms with Crippen LogP contribution in [0.1, 0.15) is 16.3 Å². The minimum Gasteiger partial charge on any atom is -0.361 e. The summed E-state index contributed by atoms with van der Waals surface area (Å²) in [6, 6.07) is 10.3. The van der Waals surface area contributed by atoms with E-state index < -0.39 is 0 Å². The summed E-state index contributed by atoms with van der Waals surface area (Å²) in [6.07, 6.45) is 3.81. The second-order valence-corrected chi connectivity index (χ2v) is 5.11. The highest BCUT2D eigenvalue weighted by atomic mass is 32.1. The van der Waals surface area contributed by atoms with Crippen molar-refractivity contribution < 1.29 is 0 Å². The molecule has 2 heterocycles. The lowest BCUT2D eigenvalue weighted by Gasteiger charge is -1.94. The number of nitriles is 1. The van der Waals surface area contributed by atoms with Crippen LogP contribution in [0.5, 0.6) is 0 Å². The maximum Gasteiger partial charge on any atom is 0.134 e. The van der Waals surface area contributed by atoms with Gasteiger partial charge in [-0.1, -0.05) is 18.2 Å². The van der Waals surface area contributed by atoms with E-state index in [0.29, 0.717) is 5.57 Å². The van der Waals surface area contributed by atoms with E-state index in [2.05, 4.69) is 16.0 Å². The lowest BCUT2D eigenvalue weighted by atomic mass is 10.1. The second kappa shape index (κ2) is 4.71. The third-order valence-electron chi connectivity index (χ3n) is 2.89. The molecule has 0 fully saturated rings. The molecule has 3 nitrogen and oxygen atoms in total. The molecule has 4 heteroatoms. The molecule has 0 aliphatic carbocycles. The van der Waals surface area contributed by atoms with Gasteiger partial charge in [-0.3, -0.25) is 0 Å². The highest BCUT2D eigenvalue weighted by Crippen LogP contribution is 2.25. The Morgan fingerprint density at radius 1 is 1.42 bits per heavy atom. The average Bonchev–Trinajstić information content (AvgIpc) is 3.03. The number of hydrogen-bond acceptors (Lipinski definition) is 3. The van der Waals surface area contributed by atoms with Crippen LogP contribution in [0, 0.1) is 18.3 Å². The first-order valence-corrected chi connectivity index (χ1v) is 6.76. The van der Waals surface area contributed by atoms with Crippen molar-refractivity contribution in [1.29, 1.82) is 5.26 Å². The third-order valence-corrected chi connectivity index (χ3v) is 3.88. The number of hydrogen-bond donors (Lipinski definition) is 1. The minimum absolute atomic E-state index is 0.600. The molecule has 0 saturated heterocycles. The summed E-state index contributed by atoms with van der Waals surface area (Å²) in [5, 5.41) is 13.1. The Balaban J connectivity index is 2.11. The Morgan fingerprint density at radius 3 is 3.00 bits per heavy atom. The summed E-state index contributed by atoms with van der Waals surface area (Å²) >= 11 is 1.50. The molecule has 92 valence electrons. The Labute approximate surface area is 114 Å². The predicted octanol–water partition coefficient (Wildman–Crippen LogP) is 4.00. The number of para-hydroxylation sites is 1. The quantitative estimate of drug-likeness (QED) is 0.712.